The van der Waals surface area contributed by atoms with Crippen LogP contribution in [0.25, 0.3) is 0 Å². The van der Waals surface area contributed by atoms with Crippen LogP contribution in [0.4, 0.5) is 14.5 Å². The highest BCUT2D eigenvalue weighted by Gasteiger charge is 2.44. The second kappa shape index (κ2) is 5.13. The normalized spacial score (nSPS) is 18.6. The van der Waals surface area contributed by atoms with Crippen molar-refractivity contribution in [2.75, 3.05) is 32.2 Å². The van der Waals surface area contributed by atoms with E-state index in [4.69, 9.17) is 4.74 Å². The third kappa shape index (κ3) is 2.84. The van der Waals surface area contributed by atoms with Crippen molar-refractivity contribution < 1.29 is 23.0 Å². The number of halogens is 2. The smallest absolute Gasteiger partial charge is 0.339 e. The van der Waals surface area contributed by atoms with Gasteiger partial charge in [0, 0.05) is 12.8 Å². The van der Waals surface area contributed by atoms with Crippen LogP contribution in [0.3, 0.4) is 0 Å². The van der Waals surface area contributed by atoms with Crippen molar-refractivity contribution in [1.29, 1.82) is 0 Å². The highest BCUT2D eigenvalue weighted by molar-refractivity contribution is 5.77. The van der Waals surface area contributed by atoms with Crippen LogP contribution in [0.15, 0.2) is 24.3 Å². The topological polar surface area (TPSA) is 38.8 Å². The van der Waals surface area contributed by atoms with E-state index in [-0.39, 0.29) is 13.1 Å². The van der Waals surface area contributed by atoms with E-state index in [1.54, 1.807) is 29.2 Å². The van der Waals surface area contributed by atoms with Crippen LogP contribution in [0.2, 0.25) is 0 Å². The number of benzene rings is 1. The maximum atomic E-state index is 12.8. The first kappa shape index (κ1) is 13.7. The van der Waals surface area contributed by atoms with Crippen molar-refractivity contribution in [2.24, 2.45) is 0 Å². The first-order valence-electron chi connectivity index (χ1n) is 5.80. The Hall–Kier alpha value is -1.69. The van der Waals surface area contributed by atoms with Crippen LogP contribution in [0.1, 0.15) is 11.7 Å². The van der Waals surface area contributed by atoms with Gasteiger partial charge in [0.25, 0.3) is 5.92 Å². The second-order valence-electron chi connectivity index (χ2n) is 4.45. The van der Waals surface area contributed by atoms with E-state index in [1.165, 1.54) is 14.2 Å². The molecule has 1 aliphatic heterocycles. The molecule has 19 heavy (non-hydrogen) atoms. The van der Waals surface area contributed by atoms with Crippen LogP contribution in [-0.4, -0.2) is 39.2 Å². The van der Waals surface area contributed by atoms with Crippen LogP contribution >= 0.6 is 0 Å². The molecule has 1 saturated heterocycles. The number of nitrogens with zero attached hydrogens (tertiary/aromatic N) is 1. The van der Waals surface area contributed by atoms with Crippen molar-refractivity contribution in [1.82, 2.24) is 0 Å². The monoisotopic (exact) mass is 271 g/mol. The van der Waals surface area contributed by atoms with Gasteiger partial charge in [-0.25, -0.2) is 13.6 Å². The lowest BCUT2D eigenvalue weighted by molar-refractivity contribution is -0.152. The third-order valence-electron chi connectivity index (χ3n) is 3.03. The molecule has 1 atom stereocenters. The average molecular weight is 271 g/mol. The largest absolute Gasteiger partial charge is 0.467 e. The molecule has 0 aromatic heterocycles. The number of ether oxygens (including phenoxy) is 2. The van der Waals surface area contributed by atoms with E-state index in [1.807, 2.05) is 0 Å². The van der Waals surface area contributed by atoms with E-state index in [0.717, 1.165) is 0 Å². The van der Waals surface area contributed by atoms with Gasteiger partial charge in [-0.3, -0.25) is 0 Å². The lowest BCUT2D eigenvalue weighted by atomic mass is 10.0. The number of carbonyl (C=O) groups excluding carboxylic acids is 1. The van der Waals surface area contributed by atoms with Crippen LogP contribution in [0.5, 0.6) is 0 Å². The molecule has 1 unspecified atom stereocenters. The Kier molecular flexibility index (Phi) is 3.71. The second-order valence-corrected chi connectivity index (χ2v) is 4.45. The fourth-order valence-electron chi connectivity index (χ4n) is 2.05. The molecular formula is C13H15F2NO3. The molecule has 1 fully saturated rings. The summed E-state index contributed by atoms with van der Waals surface area (Å²) < 4.78 is 35.4. The summed E-state index contributed by atoms with van der Waals surface area (Å²) in [5, 5.41) is 0. The van der Waals surface area contributed by atoms with Crippen molar-refractivity contribution in [3.63, 3.8) is 0 Å². The number of hydrogen-bond donors (Lipinski definition) is 0. The minimum absolute atomic E-state index is 0.299. The summed E-state index contributed by atoms with van der Waals surface area (Å²) in [7, 11) is 2.67. The Morgan fingerprint density at radius 1 is 1.37 bits per heavy atom. The number of esters is 1. The standard InChI is InChI=1S/C13H15F2NO3/c1-18-11(12(17)19-2)9-4-3-5-10(6-9)16-7-13(14,15)8-16/h3-6,11H,7-8H2,1-2H3. The molecule has 104 valence electrons. The van der Waals surface area contributed by atoms with Gasteiger partial charge in [-0.05, 0) is 17.7 Å². The Balaban J connectivity index is 2.17. The molecule has 0 bridgehead atoms. The van der Waals surface area contributed by atoms with Crippen molar-refractivity contribution in [3.05, 3.63) is 29.8 Å². The van der Waals surface area contributed by atoms with Gasteiger partial charge in [0.05, 0.1) is 20.2 Å². The lowest BCUT2D eigenvalue weighted by Crippen LogP contribution is -2.56. The van der Waals surface area contributed by atoms with Crippen molar-refractivity contribution in [3.8, 4) is 0 Å². The van der Waals surface area contributed by atoms with E-state index in [2.05, 4.69) is 4.74 Å². The summed E-state index contributed by atoms with van der Waals surface area (Å²) in [5.41, 5.74) is 1.23. The first-order valence-corrected chi connectivity index (χ1v) is 5.80. The molecule has 0 amide bonds. The van der Waals surface area contributed by atoms with Gasteiger partial charge in [-0.1, -0.05) is 12.1 Å². The summed E-state index contributed by atoms with van der Waals surface area (Å²) in [6.45, 7) is -0.599. The van der Waals surface area contributed by atoms with E-state index >= 15 is 0 Å². The molecule has 0 aliphatic carbocycles. The Morgan fingerprint density at radius 3 is 2.58 bits per heavy atom. The number of rotatable bonds is 4. The highest BCUT2D eigenvalue weighted by Crippen LogP contribution is 2.33. The SMILES string of the molecule is COC(=O)C(OC)c1cccc(N2CC(F)(F)C2)c1. The zero-order chi connectivity index (χ0) is 14.0. The van der Waals surface area contributed by atoms with Gasteiger partial charge in [-0.15, -0.1) is 0 Å². The van der Waals surface area contributed by atoms with Crippen molar-refractivity contribution >= 4 is 11.7 Å². The summed E-state index contributed by atoms with van der Waals surface area (Å²) in [4.78, 5) is 13.1. The molecule has 2 rings (SSSR count). The van der Waals surface area contributed by atoms with Gasteiger partial charge in [0.2, 0.25) is 0 Å². The Morgan fingerprint density at radius 2 is 2.05 bits per heavy atom. The predicted molar refractivity (Wildman–Crippen MR) is 65.4 cm³/mol. The Labute approximate surface area is 109 Å². The fourth-order valence-corrected chi connectivity index (χ4v) is 2.05. The molecule has 1 aromatic rings. The molecule has 4 nitrogen and oxygen atoms in total. The fraction of sp³-hybridized carbons (Fsp3) is 0.462. The summed E-state index contributed by atoms with van der Waals surface area (Å²) in [5.74, 6) is -3.15. The summed E-state index contributed by atoms with van der Waals surface area (Å²) in [6.07, 6.45) is -0.841. The Bertz CT molecular complexity index is 471. The van der Waals surface area contributed by atoms with Gasteiger partial charge >= 0.3 is 5.97 Å². The van der Waals surface area contributed by atoms with E-state index in [0.29, 0.717) is 11.3 Å². The van der Waals surface area contributed by atoms with Gasteiger partial charge in [0.15, 0.2) is 6.10 Å². The van der Waals surface area contributed by atoms with Crippen LogP contribution in [-0.2, 0) is 14.3 Å². The minimum Gasteiger partial charge on any atom is -0.467 e. The third-order valence-corrected chi connectivity index (χ3v) is 3.03. The van der Waals surface area contributed by atoms with Gasteiger partial charge in [-0.2, -0.15) is 0 Å². The van der Waals surface area contributed by atoms with E-state index < -0.39 is 18.0 Å². The molecule has 1 aromatic carbocycles. The molecule has 6 heteroatoms. The number of anilines is 1. The lowest BCUT2D eigenvalue weighted by Gasteiger charge is -2.40. The molecule has 0 N–H and O–H groups in total. The molecule has 0 radical (unpaired) electrons. The zero-order valence-corrected chi connectivity index (χ0v) is 10.7. The molecule has 0 saturated carbocycles. The van der Waals surface area contributed by atoms with Gasteiger partial charge in [0.1, 0.15) is 0 Å². The maximum absolute atomic E-state index is 12.8. The quantitative estimate of drug-likeness (QED) is 0.785. The molecule has 0 spiro atoms. The van der Waals surface area contributed by atoms with E-state index in [9.17, 15) is 13.6 Å². The number of methoxy groups -OCH3 is 2. The molecule has 1 aliphatic rings. The zero-order valence-electron chi connectivity index (χ0n) is 10.7. The van der Waals surface area contributed by atoms with Gasteiger partial charge < -0.3 is 14.4 Å². The number of carbonyl (C=O) groups is 1. The van der Waals surface area contributed by atoms with Crippen LogP contribution < -0.4 is 4.90 Å². The molecular weight excluding hydrogens is 256 g/mol. The van der Waals surface area contributed by atoms with Crippen LogP contribution in [0, 0.1) is 0 Å². The summed E-state index contributed by atoms with van der Waals surface area (Å²) >= 11 is 0. The predicted octanol–water partition coefficient (Wildman–Crippen LogP) is 2.00. The van der Waals surface area contributed by atoms with Crippen molar-refractivity contribution in [2.45, 2.75) is 12.0 Å². The number of hydrogen-bond acceptors (Lipinski definition) is 4. The number of alkyl halides is 2. The maximum Gasteiger partial charge on any atom is 0.339 e. The highest BCUT2D eigenvalue weighted by atomic mass is 19.3. The first-order chi connectivity index (χ1) is 8.96. The molecule has 1 heterocycles. The average Bonchev–Trinajstić information content (AvgIpc) is 2.37. The summed E-state index contributed by atoms with van der Waals surface area (Å²) in [6, 6.07) is 6.80. The minimum atomic E-state index is -2.63.